The van der Waals surface area contributed by atoms with Gasteiger partial charge in [0.15, 0.2) is 0 Å². The van der Waals surface area contributed by atoms with Crippen LogP contribution in [0.15, 0.2) is 319 Å². The van der Waals surface area contributed by atoms with Crippen molar-refractivity contribution in [3.63, 3.8) is 0 Å². The number of hydrogen-bond donors (Lipinski definition) is 0. The Labute approximate surface area is 878 Å². The predicted molar refractivity (Wildman–Crippen MR) is 516 cm³/mol. The Kier molecular flexibility index (Phi) is 183. The first kappa shape index (κ1) is 162. The van der Waals surface area contributed by atoms with E-state index in [1.165, 1.54) is 6.42 Å². The summed E-state index contributed by atoms with van der Waals surface area (Å²) >= 11 is 0. The van der Waals surface area contributed by atoms with Crippen LogP contribution in [0.3, 0.4) is 0 Å². The van der Waals surface area contributed by atoms with Crippen LogP contribution >= 0.6 is 0 Å². The first-order valence-electron chi connectivity index (χ1n) is 38.7. The van der Waals surface area contributed by atoms with Crippen molar-refractivity contribution in [1.82, 2.24) is 44.9 Å². The number of hydrogen-bond acceptors (Lipinski definition) is 8. The second-order valence-corrected chi connectivity index (χ2v) is 24.0. The number of allylic oxidation sites excluding steroid dienone is 9. The van der Waals surface area contributed by atoms with E-state index < -0.39 is 0 Å². The van der Waals surface area contributed by atoms with Gasteiger partial charge in [-0.25, -0.2) is 6.21 Å². The van der Waals surface area contributed by atoms with Gasteiger partial charge >= 0.3 is 20.4 Å². The molecule has 9 heterocycles. The molecule has 0 aromatic carbocycles. The van der Waals surface area contributed by atoms with Crippen LogP contribution in [0.1, 0.15) is 222 Å². The van der Waals surface area contributed by atoms with Gasteiger partial charge in [0.25, 0.3) is 0 Å². The Morgan fingerprint density at radius 3 is 0.790 bits per heavy atom. The maximum atomic E-state index is 8.24. The number of aromatic nitrogens is 9. The molecular formula is C97H148N18Pd9-8. The summed E-state index contributed by atoms with van der Waals surface area (Å²) in [6, 6.07) is 35.0. The molecule has 18 nitrogen and oxygen atoms in total. The molecule has 0 radical (unpaired) electrons. The molecule has 0 bridgehead atoms. The average molecular weight is 2520 g/mol. The summed E-state index contributed by atoms with van der Waals surface area (Å²) in [5.74, 6) is 0.626. The molecular weight excluding hydrogens is 2370 g/mol. The summed E-state index contributed by atoms with van der Waals surface area (Å²) in [6.07, 6.45) is 51.4. The minimum absolute atomic E-state index is 0. The molecule has 0 amide bonds. The van der Waals surface area contributed by atoms with Crippen LogP contribution in [0.2, 0.25) is 0 Å². The predicted octanol–water partition coefficient (Wildman–Crippen LogP) is 23.4. The second-order valence-electron chi connectivity index (χ2n) is 24.0. The Balaban J connectivity index is -0.0000000610. The van der Waals surface area contributed by atoms with E-state index in [1.54, 1.807) is 154 Å². The summed E-state index contributed by atoms with van der Waals surface area (Å²) in [5.41, 5.74) is 8.15. The molecule has 9 aromatic heterocycles. The van der Waals surface area contributed by atoms with E-state index in [-0.39, 0.29) is 189 Å². The van der Waals surface area contributed by atoms with Gasteiger partial charge in [-0.1, -0.05) is 205 Å². The van der Waals surface area contributed by atoms with Gasteiger partial charge in [0.1, 0.15) is 0 Å². The van der Waals surface area contributed by atoms with E-state index in [0.717, 1.165) is 97.2 Å². The first-order valence-corrected chi connectivity index (χ1v) is 38.7. The maximum Gasteiger partial charge on any atom is 2.00 e. The third-order valence-corrected chi connectivity index (χ3v) is 10.3. The molecule has 27 heteroatoms. The number of nitrogens with zero attached hydrogens (tertiary/aromatic N) is 18. The Hall–Kier alpha value is -5.83. The van der Waals surface area contributed by atoms with E-state index in [4.69, 9.17) is 5.41 Å². The summed E-state index contributed by atoms with van der Waals surface area (Å²) in [7, 11) is 1.73. The fourth-order valence-electron chi connectivity index (χ4n) is 5.67. The monoisotopic (exact) mass is 2520 g/mol. The minimum atomic E-state index is -0.00104. The molecule has 724 valence electrons. The quantitative estimate of drug-likeness (QED) is 0.0304. The molecule has 0 aliphatic carbocycles. The van der Waals surface area contributed by atoms with Crippen molar-refractivity contribution in [3.8, 4) is 0 Å². The fourth-order valence-corrected chi connectivity index (χ4v) is 5.67. The second kappa shape index (κ2) is 140. The van der Waals surface area contributed by atoms with E-state index in [0.29, 0.717) is 23.7 Å². The fraction of sp³-hybridized carbons (Fsp3) is 0.351. The largest absolute Gasteiger partial charge is 2.00 e. The molecule has 0 aliphatic rings. The molecule has 9 rings (SSSR count). The van der Waals surface area contributed by atoms with Crippen LogP contribution < -0.4 is 44.9 Å². The van der Waals surface area contributed by atoms with Crippen molar-refractivity contribution in [2.45, 2.75) is 189 Å². The van der Waals surface area contributed by atoms with Crippen molar-refractivity contribution in [2.75, 3.05) is 33.2 Å². The Morgan fingerprint density at radius 2 is 0.581 bits per heavy atom. The third-order valence-electron chi connectivity index (χ3n) is 10.3. The third kappa shape index (κ3) is 151. The van der Waals surface area contributed by atoms with Crippen LogP contribution in [-0.2, 0) is 184 Å². The van der Waals surface area contributed by atoms with Gasteiger partial charge in [0.2, 0.25) is 0 Å². The van der Waals surface area contributed by atoms with E-state index in [1.807, 2.05) is 205 Å². The van der Waals surface area contributed by atoms with Crippen LogP contribution in [0.5, 0.6) is 0 Å². The molecule has 0 saturated carbocycles. The van der Waals surface area contributed by atoms with Gasteiger partial charge in [-0.15, -0.1) is 105 Å². The summed E-state index contributed by atoms with van der Waals surface area (Å²) in [5, 5.41) is 8.24. The van der Waals surface area contributed by atoms with Gasteiger partial charge in [-0.3, -0.25) is 39.9 Å². The maximum absolute atomic E-state index is 8.24. The molecule has 0 aliphatic heterocycles. The standard InChI is InChI=1S/4C9H13N2.2C8H11N2.C7H9N2.C6H7N2.C5H4N2.9C3H6.9Pd/c1-9(2,3)11-7-8-5-4-6-10-8;1-8(2)6-10-7-9-4-3-5-11-9;1-3-8(2)11-7-9-5-4-6-10-9;1-2-3-6-10-8-9-5-4-7-11-9;1-7(2)10-6-8-4-3-5-9-8;1-2-5-9-7-8-4-3-6-10-8;1-2-8-6-7-4-3-5-9-7;1-7-5-6-3-2-4-8-6;6-4-5-2-1-3-7-5;9*1-3-2;;;;;;;;;/h4-7H,1-3H3;3-5,7-8H,6H2,1-2H3;4-8H,3H2,1-2H3;4-5,7-8H,2-3,6H2,1H3;3-7H,1-2H3;3-4,6-7H,2,5H2,1H3;3-6H,2H2,1H3;2-5H,1H3;1-4H;9*3H,1H2,2H3;;;;;;;;;/q8*-1;-2;;;;;;;;;;;;;;;;;;+2. The molecule has 1 unspecified atom stereocenters. The zero-order valence-corrected chi connectivity index (χ0v) is 91.6. The average Bonchev–Trinajstić information content (AvgIpc) is 1.62. The van der Waals surface area contributed by atoms with E-state index >= 15 is 0 Å². The first-order chi connectivity index (χ1) is 55.4. The van der Waals surface area contributed by atoms with E-state index in [2.05, 4.69) is 206 Å². The van der Waals surface area contributed by atoms with Crippen molar-refractivity contribution >= 4 is 55.9 Å². The van der Waals surface area contributed by atoms with Crippen LogP contribution in [0.4, 0.5) is 0 Å². The van der Waals surface area contributed by atoms with Gasteiger partial charge in [0.05, 0.1) is 5.54 Å². The van der Waals surface area contributed by atoms with Gasteiger partial charge in [-0.05, 0) is 136 Å². The molecule has 9 aromatic rings. The molecule has 0 fully saturated rings. The van der Waals surface area contributed by atoms with Gasteiger partial charge < -0.3 is 50.3 Å². The van der Waals surface area contributed by atoms with Crippen LogP contribution in [0, 0.1) is 5.92 Å². The Morgan fingerprint density at radius 1 is 0.339 bits per heavy atom. The van der Waals surface area contributed by atoms with E-state index in [9.17, 15) is 0 Å². The molecule has 0 spiro atoms. The molecule has 0 N–H and O–H groups in total. The van der Waals surface area contributed by atoms with Crippen molar-refractivity contribution < 1.29 is 184 Å². The molecule has 0 saturated heterocycles. The minimum Gasteiger partial charge on any atom is -0.812 e. The Bertz CT molecular complexity index is 3500. The number of unbranched alkanes of at least 4 members (excludes halogenated alkanes) is 1. The van der Waals surface area contributed by atoms with Gasteiger partial charge in [0, 0.05) is 258 Å². The SMILES string of the molecule is C=CC.C=CC.C=CC.C=CC.C=CC.C=CC.C=CC.C=CC.C=CC.CC(C)(C)N=Cc1ccc[n-]1.CC(C)CN=Cc1ccc[n-]1.CC(C)N=Cc1ccc[n-]1.CCC(C)N=Cc1ccc[n-]1.CCCCN=Cc1ccc[n-]1.CCCN=Cc1ccc[n-]1.CCN=Cc1ccc[n-]1.CN=Cc1ccc[n-]1.[N-]=Cc1ccc[n-]1.[Pd+2].[Pd].[Pd].[Pd].[Pd].[Pd].[Pd].[Pd].[Pd]. The smallest absolute Gasteiger partial charge is 0.812 e. The van der Waals surface area contributed by atoms with Crippen LogP contribution in [0.25, 0.3) is 5.41 Å². The number of aliphatic imine (C=N–C) groups is 8. The molecule has 1 atom stereocenters. The number of rotatable bonds is 20. The topological polar surface area (TPSA) is 248 Å². The zero-order chi connectivity index (χ0) is 88.9. The summed E-state index contributed by atoms with van der Waals surface area (Å²) in [6.45, 7) is 75.8. The van der Waals surface area contributed by atoms with Crippen LogP contribution in [-0.4, -0.2) is 107 Å². The summed E-state index contributed by atoms with van der Waals surface area (Å²) in [4.78, 5) is 69.2. The normalized spacial score (nSPS) is 9.06. The summed E-state index contributed by atoms with van der Waals surface area (Å²) < 4.78 is 0. The van der Waals surface area contributed by atoms with Crippen molar-refractivity contribution in [3.05, 3.63) is 336 Å². The van der Waals surface area contributed by atoms with Gasteiger partial charge in [-0.2, -0.15) is 61.5 Å². The molecule has 124 heavy (non-hydrogen) atoms. The van der Waals surface area contributed by atoms with Crippen molar-refractivity contribution in [2.24, 2.45) is 45.9 Å². The zero-order valence-electron chi connectivity index (χ0n) is 77.6. The van der Waals surface area contributed by atoms with Crippen molar-refractivity contribution in [1.29, 1.82) is 0 Å².